The lowest BCUT2D eigenvalue weighted by atomic mass is 10.1. The molecule has 0 bridgehead atoms. The van der Waals surface area contributed by atoms with Crippen LogP contribution >= 0.6 is 7.60 Å². The average Bonchev–Trinajstić information content (AvgIpc) is 3.30. The van der Waals surface area contributed by atoms with Crippen molar-refractivity contribution < 1.29 is 27.9 Å². The molecule has 0 radical (unpaired) electrons. The van der Waals surface area contributed by atoms with Gasteiger partial charge in [-0.1, -0.05) is 6.08 Å². The molecule has 0 spiro atoms. The number of hydrogen-bond donors (Lipinski definition) is 2. The van der Waals surface area contributed by atoms with E-state index in [1.807, 2.05) is 0 Å². The number of nitrogens with one attached hydrogen (secondary N) is 2. The molecule has 1 aliphatic rings. The van der Waals surface area contributed by atoms with Crippen molar-refractivity contribution in [1.29, 1.82) is 0 Å². The van der Waals surface area contributed by atoms with Crippen molar-refractivity contribution in [2.75, 3.05) is 19.6 Å². The highest BCUT2D eigenvalue weighted by Crippen LogP contribution is 2.49. The molecule has 0 unspecified atom stereocenters. The lowest BCUT2D eigenvalue weighted by Gasteiger charge is -2.32. The van der Waals surface area contributed by atoms with Crippen molar-refractivity contribution >= 4 is 24.7 Å². The first-order chi connectivity index (χ1) is 15.1. The highest BCUT2D eigenvalue weighted by Gasteiger charge is 2.40. The second-order valence-electron chi connectivity index (χ2n) is 8.05. The van der Waals surface area contributed by atoms with Crippen LogP contribution in [0.4, 0.5) is 4.79 Å². The summed E-state index contributed by atoms with van der Waals surface area (Å²) in [5, 5.41) is 0. The molecule has 2 aromatic heterocycles. The normalized spacial score (nSPS) is 19.1. The van der Waals surface area contributed by atoms with Gasteiger partial charge in [0.05, 0.1) is 25.6 Å². The fourth-order valence-corrected chi connectivity index (χ4v) is 4.68. The van der Waals surface area contributed by atoms with Gasteiger partial charge in [-0.3, -0.25) is 14.3 Å². The van der Waals surface area contributed by atoms with Gasteiger partial charge in [0.1, 0.15) is 16.6 Å². The third kappa shape index (κ3) is 5.29. The summed E-state index contributed by atoms with van der Waals surface area (Å²) in [5.74, 6) is 0. The second kappa shape index (κ2) is 9.58. The maximum Gasteiger partial charge on any atom is 0.413 e. The Morgan fingerprint density at radius 3 is 2.50 bits per heavy atom. The van der Waals surface area contributed by atoms with E-state index in [0.717, 1.165) is 0 Å². The molecule has 3 heterocycles. The number of aromatic amines is 2. The van der Waals surface area contributed by atoms with E-state index in [9.17, 15) is 14.2 Å². The van der Waals surface area contributed by atoms with Gasteiger partial charge in [0.15, 0.2) is 12.6 Å². The number of H-pyrrole nitrogens is 2. The van der Waals surface area contributed by atoms with E-state index >= 15 is 0 Å². The molecule has 3 rings (SSSR count). The maximum atomic E-state index is 13.1. The van der Waals surface area contributed by atoms with Crippen LogP contribution in [0.15, 0.2) is 29.5 Å². The van der Waals surface area contributed by atoms with Crippen LogP contribution in [0.1, 0.15) is 46.2 Å². The van der Waals surface area contributed by atoms with Gasteiger partial charge < -0.3 is 28.5 Å². The molecule has 0 saturated heterocycles. The minimum atomic E-state index is -3.49. The van der Waals surface area contributed by atoms with E-state index in [1.54, 1.807) is 53.0 Å². The number of hydrogen-bond acceptors (Lipinski definition) is 8. The number of carbonyl (C=O) groups excluding carboxylic acids is 1. The zero-order chi connectivity index (χ0) is 23.5. The summed E-state index contributed by atoms with van der Waals surface area (Å²) in [6.07, 6.45) is 4.44. The van der Waals surface area contributed by atoms with Crippen LogP contribution in [0.5, 0.6) is 0 Å². The highest BCUT2D eigenvalue weighted by atomic mass is 31.2. The molecule has 0 aromatic carbocycles. The predicted molar refractivity (Wildman–Crippen MR) is 117 cm³/mol. The number of aromatic nitrogens is 3. The Labute approximate surface area is 185 Å². The molecule has 1 amide bonds. The topological polar surface area (TPSA) is 136 Å². The van der Waals surface area contributed by atoms with Crippen molar-refractivity contribution in [1.82, 2.24) is 19.9 Å². The summed E-state index contributed by atoms with van der Waals surface area (Å²) in [4.78, 5) is 36.2. The zero-order valence-corrected chi connectivity index (χ0v) is 19.7. The lowest BCUT2D eigenvalue weighted by molar-refractivity contribution is -0.0403. The molecule has 1 aliphatic heterocycles. The number of ether oxygens (including phenoxy) is 2. The second-order valence-corrected chi connectivity index (χ2v) is 10.0. The molecule has 2 aromatic rings. The standard InChI is InChI=1S/C20H29N4O7P/c1-6-29-32(27,30-7-2)12-28-15-9-8-14(24(15)19(26)31-20(3,4)5)13-10-21-17-16(13)22-11-23-18(17)25/h8-11,14-15,21H,6-7,12H2,1-5H3,(H,22,23,25)/t14-,15+/m0/s1. The van der Waals surface area contributed by atoms with Crippen LogP contribution in [-0.4, -0.2) is 57.3 Å². The monoisotopic (exact) mass is 468 g/mol. The van der Waals surface area contributed by atoms with E-state index < -0.39 is 31.6 Å². The smallest absolute Gasteiger partial charge is 0.413 e. The van der Waals surface area contributed by atoms with Crippen LogP contribution in [-0.2, 0) is 23.1 Å². The van der Waals surface area contributed by atoms with E-state index in [4.69, 9.17) is 18.5 Å². The number of rotatable bonds is 8. The Balaban J connectivity index is 1.91. The first kappa shape index (κ1) is 24.2. The lowest BCUT2D eigenvalue weighted by Crippen LogP contribution is -2.43. The summed E-state index contributed by atoms with van der Waals surface area (Å²) < 4.78 is 34.8. The van der Waals surface area contributed by atoms with Crippen LogP contribution in [0.25, 0.3) is 11.0 Å². The van der Waals surface area contributed by atoms with Crippen molar-refractivity contribution in [3.63, 3.8) is 0 Å². The van der Waals surface area contributed by atoms with Gasteiger partial charge in [0, 0.05) is 11.8 Å². The molecule has 176 valence electrons. The Bertz CT molecular complexity index is 1080. The summed E-state index contributed by atoms with van der Waals surface area (Å²) in [5.41, 5.74) is 0.232. The fourth-order valence-electron chi connectivity index (χ4n) is 3.33. The van der Waals surface area contributed by atoms with Crippen molar-refractivity contribution in [2.24, 2.45) is 0 Å². The summed E-state index contributed by atoms with van der Waals surface area (Å²) in [7, 11) is -3.49. The zero-order valence-electron chi connectivity index (χ0n) is 18.8. The van der Waals surface area contributed by atoms with Crippen LogP contribution < -0.4 is 5.56 Å². The summed E-state index contributed by atoms with van der Waals surface area (Å²) >= 11 is 0. The molecular weight excluding hydrogens is 439 g/mol. The molecule has 2 atom stereocenters. The molecule has 32 heavy (non-hydrogen) atoms. The summed E-state index contributed by atoms with van der Waals surface area (Å²) in [6.45, 7) is 9.05. The molecule has 0 fully saturated rings. The maximum absolute atomic E-state index is 13.1. The largest absolute Gasteiger partial charge is 0.444 e. The number of fused-ring (bicyclic) bond motifs is 1. The third-order valence-electron chi connectivity index (χ3n) is 4.51. The number of nitrogens with zero attached hydrogens (tertiary/aromatic N) is 2. The predicted octanol–water partition coefficient (Wildman–Crippen LogP) is 3.67. The Kier molecular flexibility index (Phi) is 7.24. The Morgan fingerprint density at radius 2 is 1.88 bits per heavy atom. The Hall–Kier alpha value is -2.46. The third-order valence-corrected chi connectivity index (χ3v) is 6.28. The van der Waals surface area contributed by atoms with Gasteiger partial charge >= 0.3 is 13.7 Å². The van der Waals surface area contributed by atoms with Crippen LogP contribution in [0, 0.1) is 0 Å². The van der Waals surface area contributed by atoms with Crippen molar-refractivity contribution in [2.45, 2.75) is 52.5 Å². The van der Waals surface area contributed by atoms with E-state index in [-0.39, 0.29) is 25.1 Å². The first-order valence-electron chi connectivity index (χ1n) is 10.3. The van der Waals surface area contributed by atoms with Gasteiger partial charge in [0.25, 0.3) is 5.56 Å². The highest BCUT2D eigenvalue weighted by molar-refractivity contribution is 7.53. The summed E-state index contributed by atoms with van der Waals surface area (Å²) in [6, 6.07) is -0.628. The van der Waals surface area contributed by atoms with E-state index in [0.29, 0.717) is 16.6 Å². The van der Waals surface area contributed by atoms with Gasteiger partial charge in [-0.25, -0.2) is 9.78 Å². The van der Waals surface area contributed by atoms with Crippen LogP contribution in [0.2, 0.25) is 0 Å². The number of amides is 1. The van der Waals surface area contributed by atoms with Crippen LogP contribution in [0.3, 0.4) is 0 Å². The minimum absolute atomic E-state index is 0.190. The quantitative estimate of drug-likeness (QED) is 0.442. The number of carbonyl (C=O) groups is 1. The molecule has 12 heteroatoms. The van der Waals surface area contributed by atoms with E-state index in [1.165, 1.54) is 11.2 Å². The fraction of sp³-hybridized carbons (Fsp3) is 0.550. The van der Waals surface area contributed by atoms with Crippen molar-refractivity contribution in [3.05, 3.63) is 40.6 Å². The van der Waals surface area contributed by atoms with Gasteiger partial charge in [-0.05, 0) is 40.7 Å². The first-order valence-corrected chi connectivity index (χ1v) is 12.1. The molecule has 2 N–H and O–H groups in total. The van der Waals surface area contributed by atoms with E-state index in [2.05, 4.69) is 15.0 Å². The molecular formula is C20H29N4O7P. The van der Waals surface area contributed by atoms with Gasteiger partial charge in [0.2, 0.25) is 0 Å². The Morgan fingerprint density at radius 1 is 1.19 bits per heavy atom. The molecule has 0 aliphatic carbocycles. The minimum Gasteiger partial charge on any atom is -0.444 e. The van der Waals surface area contributed by atoms with Gasteiger partial charge in [-0.2, -0.15) is 0 Å². The van der Waals surface area contributed by atoms with Gasteiger partial charge in [-0.15, -0.1) is 0 Å². The SMILES string of the molecule is CCOP(=O)(CO[C@@H]1C=C[C@@H](c2c[nH]c3c(=O)[nH]cnc23)N1C(=O)OC(C)(C)C)OCC. The molecule has 0 saturated carbocycles. The average molecular weight is 468 g/mol. The molecule has 11 nitrogen and oxygen atoms in total. The van der Waals surface area contributed by atoms with Crippen molar-refractivity contribution in [3.8, 4) is 0 Å².